The lowest BCUT2D eigenvalue weighted by molar-refractivity contribution is 0.560. The quantitative estimate of drug-likeness (QED) is 0.933. The Morgan fingerprint density at radius 3 is 3.00 bits per heavy atom. The summed E-state index contributed by atoms with van der Waals surface area (Å²) in [7, 11) is 0. The number of anilines is 1. The van der Waals surface area contributed by atoms with Gasteiger partial charge in [0.15, 0.2) is 0 Å². The van der Waals surface area contributed by atoms with Crippen LogP contribution in [0.4, 0.5) is 5.69 Å². The highest BCUT2D eigenvalue weighted by Gasteiger charge is 2.18. The number of hydrogen-bond acceptors (Lipinski definition) is 3. The molecule has 100 valence electrons. The first-order valence-corrected chi connectivity index (χ1v) is 6.89. The van der Waals surface area contributed by atoms with E-state index in [0.29, 0.717) is 6.54 Å². The van der Waals surface area contributed by atoms with Crippen molar-refractivity contribution < 1.29 is 0 Å². The van der Waals surface area contributed by atoms with Gasteiger partial charge in [0.25, 0.3) is 0 Å². The number of benzene rings is 1. The van der Waals surface area contributed by atoms with Gasteiger partial charge in [0.05, 0.1) is 17.3 Å². The molecule has 2 N–H and O–H groups in total. The van der Waals surface area contributed by atoms with Crippen molar-refractivity contribution in [1.29, 1.82) is 0 Å². The zero-order chi connectivity index (χ0) is 13.2. The second-order valence-electron chi connectivity index (χ2n) is 4.78. The van der Waals surface area contributed by atoms with Crippen LogP contribution < -0.4 is 10.6 Å². The van der Waals surface area contributed by atoms with Crippen molar-refractivity contribution in [2.24, 2.45) is 5.73 Å². The van der Waals surface area contributed by atoms with Gasteiger partial charge < -0.3 is 15.2 Å². The molecular weight excluding hydrogens is 260 g/mol. The average Bonchev–Trinajstić information content (AvgIpc) is 2.86. The fourth-order valence-electron chi connectivity index (χ4n) is 2.51. The number of rotatable bonds is 3. The molecule has 0 fully saturated rings. The van der Waals surface area contributed by atoms with Crippen molar-refractivity contribution in [3.8, 4) is 0 Å². The van der Waals surface area contributed by atoms with Crippen LogP contribution >= 0.6 is 11.6 Å². The van der Waals surface area contributed by atoms with Crippen LogP contribution in [0.15, 0.2) is 30.6 Å². The highest BCUT2D eigenvalue weighted by Crippen LogP contribution is 2.29. The van der Waals surface area contributed by atoms with Gasteiger partial charge in [0.1, 0.15) is 5.82 Å². The van der Waals surface area contributed by atoms with E-state index in [-0.39, 0.29) is 0 Å². The predicted molar refractivity (Wildman–Crippen MR) is 77.5 cm³/mol. The molecule has 19 heavy (non-hydrogen) atoms. The number of halogens is 1. The largest absolute Gasteiger partial charge is 0.361 e. The van der Waals surface area contributed by atoms with Crippen molar-refractivity contribution in [1.82, 2.24) is 9.55 Å². The molecule has 0 saturated heterocycles. The molecule has 0 amide bonds. The maximum atomic E-state index is 6.39. The first-order valence-electron chi connectivity index (χ1n) is 6.51. The Kier molecular flexibility index (Phi) is 3.44. The van der Waals surface area contributed by atoms with Crippen molar-refractivity contribution >= 4 is 17.3 Å². The molecular formula is C14H17ClN4. The molecule has 0 aliphatic carbocycles. The third kappa shape index (κ3) is 2.46. The summed E-state index contributed by atoms with van der Waals surface area (Å²) in [5, 5.41) is 0.797. The fourth-order valence-corrected chi connectivity index (χ4v) is 2.83. The maximum absolute atomic E-state index is 6.39. The van der Waals surface area contributed by atoms with Crippen molar-refractivity contribution in [2.45, 2.75) is 19.5 Å². The molecule has 4 nitrogen and oxygen atoms in total. The average molecular weight is 277 g/mol. The van der Waals surface area contributed by atoms with Crippen LogP contribution in [0.2, 0.25) is 5.02 Å². The Labute approximate surface area is 117 Å². The van der Waals surface area contributed by atoms with E-state index >= 15 is 0 Å². The van der Waals surface area contributed by atoms with Gasteiger partial charge in [0.2, 0.25) is 0 Å². The summed E-state index contributed by atoms with van der Waals surface area (Å²) in [6.07, 6.45) is 4.74. The third-order valence-electron chi connectivity index (χ3n) is 3.53. The van der Waals surface area contributed by atoms with Crippen LogP contribution in [0.1, 0.15) is 11.4 Å². The van der Waals surface area contributed by atoms with Crippen LogP contribution in [-0.2, 0) is 19.5 Å². The van der Waals surface area contributed by atoms with E-state index < -0.39 is 0 Å². The molecule has 0 radical (unpaired) electrons. The van der Waals surface area contributed by atoms with Gasteiger partial charge in [-0.05, 0) is 30.7 Å². The Balaban J connectivity index is 1.83. The SMILES string of the molecule is NCCc1ccc(N2CCn3ccnc3C2)c(Cl)c1. The molecule has 0 saturated carbocycles. The van der Waals surface area contributed by atoms with Crippen LogP contribution in [0, 0.1) is 0 Å². The van der Waals surface area contributed by atoms with Crippen LogP contribution in [0.5, 0.6) is 0 Å². The van der Waals surface area contributed by atoms with E-state index in [9.17, 15) is 0 Å². The topological polar surface area (TPSA) is 47.1 Å². The van der Waals surface area contributed by atoms with Crippen LogP contribution in [-0.4, -0.2) is 22.6 Å². The minimum absolute atomic E-state index is 0.650. The van der Waals surface area contributed by atoms with E-state index in [0.717, 1.165) is 42.6 Å². The number of nitrogens with zero attached hydrogens (tertiary/aromatic N) is 3. The fraction of sp³-hybridized carbons (Fsp3) is 0.357. The van der Waals surface area contributed by atoms with E-state index in [2.05, 4.69) is 26.6 Å². The molecule has 0 spiro atoms. The Morgan fingerprint density at radius 1 is 1.32 bits per heavy atom. The van der Waals surface area contributed by atoms with Gasteiger partial charge in [-0.25, -0.2) is 4.98 Å². The van der Waals surface area contributed by atoms with E-state index in [1.165, 1.54) is 5.56 Å². The van der Waals surface area contributed by atoms with Gasteiger partial charge in [-0.3, -0.25) is 0 Å². The molecule has 1 aliphatic heterocycles. The lowest BCUT2D eigenvalue weighted by atomic mass is 10.1. The molecule has 3 rings (SSSR count). The lowest BCUT2D eigenvalue weighted by Gasteiger charge is -2.30. The number of nitrogens with two attached hydrogens (primary N) is 1. The molecule has 2 heterocycles. The Hall–Kier alpha value is -1.52. The van der Waals surface area contributed by atoms with Gasteiger partial charge in [-0.15, -0.1) is 0 Å². The summed E-state index contributed by atoms with van der Waals surface area (Å²) in [4.78, 5) is 6.65. The third-order valence-corrected chi connectivity index (χ3v) is 3.83. The molecule has 5 heteroatoms. The van der Waals surface area contributed by atoms with E-state index in [1.807, 2.05) is 18.5 Å². The molecule has 1 aliphatic rings. The first kappa shape index (κ1) is 12.5. The van der Waals surface area contributed by atoms with Gasteiger partial charge >= 0.3 is 0 Å². The molecule has 2 aromatic rings. The summed E-state index contributed by atoms with van der Waals surface area (Å²) in [6.45, 7) is 3.37. The van der Waals surface area contributed by atoms with Crippen LogP contribution in [0.25, 0.3) is 0 Å². The smallest absolute Gasteiger partial charge is 0.128 e. The highest BCUT2D eigenvalue weighted by atomic mass is 35.5. The summed E-state index contributed by atoms with van der Waals surface area (Å²) >= 11 is 6.39. The second kappa shape index (κ2) is 5.23. The summed E-state index contributed by atoms with van der Waals surface area (Å²) in [5.74, 6) is 1.09. The molecule has 0 atom stereocenters. The van der Waals surface area contributed by atoms with E-state index in [4.69, 9.17) is 17.3 Å². The minimum atomic E-state index is 0.650. The molecule has 1 aromatic heterocycles. The number of fused-ring (bicyclic) bond motifs is 1. The summed E-state index contributed by atoms with van der Waals surface area (Å²) in [5.41, 5.74) is 7.84. The van der Waals surface area contributed by atoms with E-state index in [1.54, 1.807) is 0 Å². The number of hydrogen-bond donors (Lipinski definition) is 1. The second-order valence-corrected chi connectivity index (χ2v) is 5.19. The standard InChI is InChI=1S/C14H17ClN4/c15-12-9-11(3-4-16)1-2-13(12)19-8-7-18-6-5-17-14(18)10-19/h1-2,5-6,9H,3-4,7-8,10,16H2. The predicted octanol–water partition coefficient (Wildman–Crippen LogP) is 2.06. The van der Waals surface area contributed by atoms with Crippen LogP contribution in [0.3, 0.4) is 0 Å². The zero-order valence-electron chi connectivity index (χ0n) is 10.7. The molecule has 0 unspecified atom stereocenters. The molecule has 0 bridgehead atoms. The summed E-state index contributed by atoms with van der Waals surface area (Å²) in [6, 6.07) is 6.21. The van der Waals surface area contributed by atoms with Gasteiger partial charge in [0, 0.05) is 25.5 Å². The molecule has 1 aromatic carbocycles. The lowest BCUT2D eigenvalue weighted by Crippen LogP contribution is -2.33. The maximum Gasteiger partial charge on any atom is 0.128 e. The van der Waals surface area contributed by atoms with Gasteiger partial charge in [-0.2, -0.15) is 0 Å². The van der Waals surface area contributed by atoms with Crippen molar-refractivity contribution in [3.63, 3.8) is 0 Å². The number of aromatic nitrogens is 2. The first-order chi connectivity index (χ1) is 9.28. The Morgan fingerprint density at radius 2 is 2.21 bits per heavy atom. The highest BCUT2D eigenvalue weighted by molar-refractivity contribution is 6.33. The zero-order valence-corrected chi connectivity index (χ0v) is 11.5. The minimum Gasteiger partial charge on any atom is -0.361 e. The Bertz CT molecular complexity index is 579. The normalized spacial score (nSPS) is 14.5. The van der Waals surface area contributed by atoms with Crippen molar-refractivity contribution in [3.05, 3.63) is 47.0 Å². The van der Waals surface area contributed by atoms with Crippen molar-refractivity contribution in [2.75, 3.05) is 18.0 Å². The van der Waals surface area contributed by atoms with Gasteiger partial charge in [-0.1, -0.05) is 17.7 Å². The number of imidazole rings is 1. The monoisotopic (exact) mass is 276 g/mol. The summed E-state index contributed by atoms with van der Waals surface area (Å²) < 4.78 is 2.19.